The normalized spacial score (nSPS) is 49.3. The first-order valence-corrected chi connectivity index (χ1v) is 26.5. The fraction of sp³-hybridized carbons (Fsp3) is 0.904. The van der Waals surface area contributed by atoms with E-state index in [2.05, 4.69) is 54.5 Å². The van der Waals surface area contributed by atoms with Crippen LogP contribution in [0.15, 0.2) is 22.8 Å². The predicted molar refractivity (Wildman–Crippen MR) is 253 cm³/mol. The molecule has 0 bridgehead atoms. The van der Waals surface area contributed by atoms with Crippen molar-refractivity contribution in [2.24, 2.45) is 39.4 Å². The van der Waals surface area contributed by atoms with Gasteiger partial charge >= 0.3 is 5.97 Å². The highest BCUT2D eigenvalue weighted by Crippen LogP contribution is 2.73. The molecule has 73 heavy (non-hydrogen) atoms. The minimum Gasteiger partial charge on any atom is -0.481 e. The Morgan fingerprint density at radius 2 is 1.21 bits per heavy atom. The summed E-state index contributed by atoms with van der Waals surface area (Å²) in [4.78, 5) is 13.9. The molecule has 4 aliphatic heterocycles. The molecular weight excluding hydrogens is 961 g/mol. The molecule has 4 aliphatic carbocycles. The van der Waals surface area contributed by atoms with Gasteiger partial charge in [0.2, 0.25) is 0 Å². The van der Waals surface area contributed by atoms with Crippen LogP contribution in [0.25, 0.3) is 0 Å². The molecule has 21 heteroatoms. The highest BCUT2D eigenvalue weighted by Gasteiger charge is 2.69. The molecule has 4 heterocycles. The number of aliphatic hydroxyl groups is 11. The molecule has 25 atom stereocenters. The third-order valence-corrected chi connectivity index (χ3v) is 19.1. The molecule has 0 aromatic rings. The maximum atomic E-state index is 13.9. The number of allylic oxidation sites excluding steroid dienone is 3. The van der Waals surface area contributed by atoms with Crippen molar-refractivity contribution in [3.05, 3.63) is 22.8 Å². The molecule has 6 fully saturated rings. The molecule has 0 unspecified atom stereocenters. The van der Waals surface area contributed by atoms with Gasteiger partial charge in [-0.15, -0.1) is 0 Å². The zero-order chi connectivity index (χ0) is 53.3. The van der Waals surface area contributed by atoms with Gasteiger partial charge < -0.3 is 99.2 Å². The van der Waals surface area contributed by atoms with Crippen LogP contribution >= 0.6 is 0 Å². The lowest BCUT2D eigenvalue weighted by Gasteiger charge is -2.62. The van der Waals surface area contributed by atoms with E-state index in [0.29, 0.717) is 38.0 Å². The van der Waals surface area contributed by atoms with Gasteiger partial charge in [-0.3, -0.25) is 4.79 Å². The summed E-state index contributed by atoms with van der Waals surface area (Å²) in [5.41, 5.74) is 1.35. The highest BCUT2D eigenvalue weighted by molar-refractivity contribution is 5.82. The Hall–Kier alpha value is -1.81. The van der Waals surface area contributed by atoms with E-state index in [0.717, 1.165) is 37.7 Å². The Kier molecular flexibility index (Phi) is 17.4. The van der Waals surface area contributed by atoms with Crippen molar-refractivity contribution in [2.75, 3.05) is 26.4 Å². The van der Waals surface area contributed by atoms with Crippen molar-refractivity contribution in [3.8, 4) is 0 Å². The van der Waals surface area contributed by atoms with Gasteiger partial charge in [0.25, 0.3) is 0 Å². The molecule has 4 saturated heterocycles. The van der Waals surface area contributed by atoms with Gasteiger partial charge in [0.1, 0.15) is 85.5 Å². The Balaban J connectivity index is 1.05. The van der Waals surface area contributed by atoms with E-state index in [-0.39, 0.29) is 17.3 Å². The maximum absolute atomic E-state index is 13.9. The summed E-state index contributed by atoms with van der Waals surface area (Å²) in [5.74, 6) is -0.0531. The van der Waals surface area contributed by atoms with Crippen molar-refractivity contribution in [2.45, 2.75) is 229 Å². The van der Waals surface area contributed by atoms with Crippen molar-refractivity contribution in [1.29, 1.82) is 0 Å². The maximum Gasteiger partial charge on any atom is 0.314 e. The van der Waals surface area contributed by atoms with Crippen LogP contribution in [-0.4, -0.2) is 210 Å². The van der Waals surface area contributed by atoms with Gasteiger partial charge in [-0.25, -0.2) is 0 Å². The average molecular weight is 1050 g/mol. The second kappa shape index (κ2) is 22.1. The van der Waals surface area contributed by atoms with E-state index in [1.165, 1.54) is 11.1 Å². The number of aliphatic hydroxyl groups excluding tert-OH is 11. The number of rotatable bonds is 15. The Morgan fingerprint density at radius 1 is 0.644 bits per heavy atom. The first-order chi connectivity index (χ1) is 34.4. The fourth-order valence-electron chi connectivity index (χ4n) is 15.0. The van der Waals surface area contributed by atoms with Crippen molar-refractivity contribution in [3.63, 3.8) is 0 Å². The third-order valence-electron chi connectivity index (χ3n) is 19.1. The molecule has 0 spiro atoms. The first kappa shape index (κ1) is 57.4. The minimum absolute atomic E-state index is 0.0248. The van der Waals surface area contributed by atoms with Crippen LogP contribution in [0.4, 0.5) is 0 Å². The molecule has 8 rings (SSSR count). The zero-order valence-electron chi connectivity index (χ0n) is 43.2. The topological polar surface area (TPSA) is 334 Å². The fourth-order valence-corrected chi connectivity index (χ4v) is 15.0. The van der Waals surface area contributed by atoms with Crippen LogP contribution in [0.1, 0.15) is 113 Å². The van der Waals surface area contributed by atoms with Gasteiger partial charge in [-0.2, -0.15) is 0 Å². The minimum atomic E-state index is -1.90. The smallest absolute Gasteiger partial charge is 0.314 e. The number of aliphatic carboxylic acids is 1. The van der Waals surface area contributed by atoms with Gasteiger partial charge in [0, 0.05) is 0 Å². The quantitative estimate of drug-likeness (QED) is 0.0969. The Labute approximate surface area is 427 Å². The van der Waals surface area contributed by atoms with Gasteiger partial charge in [0.05, 0.1) is 37.9 Å². The molecule has 0 radical (unpaired) electrons. The summed E-state index contributed by atoms with van der Waals surface area (Å²) < 4.78 is 48.5. The summed E-state index contributed by atoms with van der Waals surface area (Å²) >= 11 is 0. The van der Waals surface area contributed by atoms with Crippen LogP contribution in [0, 0.1) is 39.4 Å². The van der Waals surface area contributed by atoms with E-state index < -0.39 is 165 Å². The van der Waals surface area contributed by atoms with Gasteiger partial charge in [0.15, 0.2) is 25.2 Å². The number of hydrogen-bond donors (Lipinski definition) is 12. The number of hydrogen-bond acceptors (Lipinski definition) is 20. The largest absolute Gasteiger partial charge is 0.481 e. The molecule has 0 aromatic carbocycles. The standard InChI is InChI=1S/C52H84O21/c1-23(2)9-8-10-24(3)25-14-18-52(48(64)65)27-11-12-32-49(4,5)33(15-16-50(32,6)26(27)13-17-51(25,52)7)70-47-43(73-46-39(62)37(60)35(58)31(20-54)69-46)42(29(56)22-67-47)72-44-40(63)41(28(55)21-66-44)71-45-38(61)36(59)34(57)30(19-53)68-45/h9,24-25,28-47,53-63H,8,10-22H2,1-7H3,(H,64,65)/t24-,25-,28+,29+,30-,31-,32-,33+,34+,35+,36+,37+,38-,39-,40-,41+,42+,43-,44+,45+,46+,47+,50-,51-,52+/m1/s1. The van der Waals surface area contributed by atoms with E-state index in [1.807, 2.05) is 0 Å². The molecule has 8 aliphatic rings. The number of carboxylic acids is 1. The second-order valence-electron chi connectivity index (χ2n) is 23.8. The Morgan fingerprint density at radius 3 is 1.78 bits per heavy atom. The molecule has 21 nitrogen and oxygen atoms in total. The lowest BCUT2D eigenvalue weighted by molar-refractivity contribution is -0.390. The first-order valence-electron chi connectivity index (χ1n) is 26.5. The molecule has 12 N–H and O–H groups in total. The molecule has 2 saturated carbocycles. The molecule has 0 amide bonds. The highest BCUT2D eigenvalue weighted by atomic mass is 16.8. The van der Waals surface area contributed by atoms with E-state index in [9.17, 15) is 66.1 Å². The SMILES string of the molecule is CC(C)=CCC[C@@H](C)[C@H]1CC[C@@]2(C(=O)O)C3=C(CC[C@]12C)[C@@]1(C)CC[C@H](O[C@@H]2OC[C@H](O)[C@H](O[C@@H]4OC[C@H](O)[C@H](O[C@@H]5O[C@H](CO)[C@H](O)[C@H](O)[C@H]5O)[C@H]4O)[C@H]2O[C@@H]2O[C@H](CO)[C@H](O)[C@H](O)[C@H]2O)C(C)(C)[C@H]1CC3. The lowest BCUT2D eigenvalue weighted by atomic mass is 9.43. The summed E-state index contributed by atoms with van der Waals surface area (Å²) in [6.07, 6.45) is -20.8. The van der Waals surface area contributed by atoms with E-state index in [1.54, 1.807) is 0 Å². The van der Waals surface area contributed by atoms with Crippen LogP contribution in [-0.2, 0) is 42.7 Å². The van der Waals surface area contributed by atoms with E-state index in [4.69, 9.17) is 37.9 Å². The summed E-state index contributed by atoms with van der Waals surface area (Å²) in [7, 11) is 0. The van der Waals surface area contributed by atoms with Gasteiger partial charge in [-0.1, -0.05) is 57.4 Å². The van der Waals surface area contributed by atoms with E-state index >= 15 is 0 Å². The Bertz CT molecular complexity index is 1980. The predicted octanol–water partition coefficient (Wildman–Crippen LogP) is 0.119. The van der Waals surface area contributed by atoms with Crippen LogP contribution in [0.2, 0.25) is 0 Å². The average Bonchev–Trinajstić information content (AvgIpc) is 3.67. The summed E-state index contributed by atoms with van der Waals surface area (Å²) in [6, 6.07) is 0. The number of carbonyl (C=O) groups is 1. The monoisotopic (exact) mass is 1040 g/mol. The molecular formula is C52H84O21. The zero-order valence-corrected chi connectivity index (χ0v) is 43.2. The summed E-state index contributed by atoms with van der Waals surface area (Å²) in [5, 5.41) is 129. The number of fused-ring (bicyclic) bond motifs is 4. The van der Waals surface area contributed by atoms with Gasteiger partial charge in [-0.05, 0) is 112 Å². The molecule has 0 aromatic heterocycles. The van der Waals surface area contributed by atoms with Crippen LogP contribution in [0.3, 0.4) is 0 Å². The number of ether oxygens (including phenoxy) is 8. The van der Waals surface area contributed by atoms with Crippen molar-refractivity contribution < 1.29 is 104 Å². The lowest BCUT2D eigenvalue weighted by Crippen LogP contribution is -2.66. The number of carboxylic acid groups (broad SMARTS) is 1. The second-order valence-corrected chi connectivity index (χ2v) is 23.8. The summed E-state index contributed by atoms with van der Waals surface area (Å²) in [6.45, 7) is 12.8. The van der Waals surface area contributed by atoms with Crippen LogP contribution < -0.4 is 0 Å². The van der Waals surface area contributed by atoms with Crippen LogP contribution in [0.5, 0.6) is 0 Å². The molecule has 418 valence electrons. The third kappa shape index (κ3) is 10.1. The van der Waals surface area contributed by atoms with Crippen molar-refractivity contribution in [1.82, 2.24) is 0 Å². The van der Waals surface area contributed by atoms with Crippen molar-refractivity contribution >= 4 is 5.97 Å².